The van der Waals surface area contributed by atoms with Gasteiger partial charge in [0.15, 0.2) is 5.82 Å². The number of carbonyl (C=O) groups excluding carboxylic acids is 1. The van der Waals surface area contributed by atoms with Crippen molar-refractivity contribution < 1.29 is 14.3 Å². The summed E-state index contributed by atoms with van der Waals surface area (Å²) in [5, 5.41) is 16.3. The number of amides is 1. The molecule has 0 radical (unpaired) electrons. The molecule has 0 fully saturated rings. The minimum absolute atomic E-state index is 0.164. The summed E-state index contributed by atoms with van der Waals surface area (Å²) in [6.07, 6.45) is 1.44. The normalized spacial score (nSPS) is 10.7. The molecule has 0 aliphatic rings. The van der Waals surface area contributed by atoms with Gasteiger partial charge in [-0.15, -0.1) is 0 Å². The molecule has 2 rings (SSSR count). The van der Waals surface area contributed by atoms with Gasteiger partial charge in [0, 0.05) is 27.3 Å². The lowest BCUT2D eigenvalue weighted by molar-refractivity contribution is -0.117. The van der Waals surface area contributed by atoms with Gasteiger partial charge in [-0.1, -0.05) is 18.2 Å². The van der Waals surface area contributed by atoms with Crippen molar-refractivity contribution in [1.82, 2.24) is 14.7 Å². The number of hydrogen-bond donors (Lipinski definition) is 1. The second kappa shape index (κ2) is 10.3. The molecule has 1 heterocycles. The highest BCUT2D eigenvalue weighted by molar-refractivity contribution is 5.92. The molecule has 0 unspecified atom stereocenters. The molecule has 1 N–H and O–H groups in total. The summed E-state index contributed by atoms with van der Waals surface area (Å²) in [5.74, 6) is 0.133. The van der Waals surface area contributed by atoms with E-state index in [9.17, 15) is 10.1 Å². The molecule has 1 amide bonds. The molecule has 0 aliphatic heterocycles. The summed E-state index contributed by atoms with van der Waals surface area (Å²) < 4.78 is 11.7. The van der Waals surface area contributed by atoms with Crippen molar-refractivity contribution in [2.75, 3.05) is 52.4 Å². The zero-order chi connectivity index (χ0) is 18.8. The fourth-order valence-electron chi connectivity index (χ4n) is 2.40. The number of aromatic nitrogens is 2. The van der Waals surface area contributed by atoms with Gasteiger partial charge in [0.1, 0.15) is 11.6 Å². The third-order valence-electron chi connectivity index (χ3n) is 3.74. The quantitative estimate of drug-likeness (QED) is 0.689. The first kappa shape index (κ1) is 19.6. The van der Waals surface area contributed by atoms with E-state index in [1.165, 1.54) is 6.20 Å². The average Bonchev–Trinajstić information content (AvgIpc) is 3.07. The predicted octanol–water partition coefficient (Wildman–Crippen LogP) is 1.28. The Labute approximate surface area is 152 Å². The van der Waals surface area contributed by atoms with E-state index in [0.717, 1.165) is 5.69 Å². The fourth-order valence-corrected chi connectivity index (χ4v) is 2.40. The number of nitrogens with one attached hydrogen (secondary N) is 1. The second-order valence-corrected chi connectivity index (χ2v) is 5.58. The smallest absolute Gasteiger partial charge is 0.239 e. The van der Waals surface area contributed by atoms with Crippen LogP contribution in [0, 0.1) is 11.3 Å². The number of anilines is 1. The number of methoxy groups -OCH3 is 2. The standard InChI is InChI=1S/C18H23N5O3/c1-25-10-8-22(9-11-26-2)14-17(24)21-18-15(12-19)13-20-23(18)16-6-4-3-5-7-16/h3-7,13H,8-11,14H2,1-2H3,(H,21,24). The highest BCUT2D eigenvalue weighted by atomic mass is 16.5. The Morgan fingerprint density at radius 3 is 2.46 bits per heavy atom. The number of benzene rings is 1. The van der Waals surface area contributed by atoms with Crippen molar-refractivity contribution in [2.45, 2.75) is 0 Å². The van der Waals surface area contributed by atoms with Crippen LogP contribution in [0.25, 0.3) is 5.69 Å². The van der Waals surface area contributed by atoms with E-state index in [4.69, 9.17) is 9.47 Å². The van der Waals surface area contributed by atoms with E-state index < -0.39 is 0 Å². The lowest BCUT2D eigenvalue weighted by atomic mass is 10.3. The molecule has 0 aliphatic carbocycles. The molecule has 0 bridgehead atoms. The molecule has 0 saturated carbocycles. The number of nitriles is 1. The predicted molar refractivity (Wildman–Crippen MR) is 97.1 cm³/mol. The molecule has 0 saturated heterocycles. The molecule has 1 aromatic heterocycles. The van der Waals surface area contributed by atoms with Crippen LogP contribution < -0.4 is 5.32 Å². The number of carbonyl (C=O) groups is 1. The largest absolute Gasteiger partial charge is 0.383 e. The van der Waals surface area contributed by atoms with Crippen LogP contribution in [-0.4, -0.2) is 67.7 Å². The number of rotatable bonds is 10. The molecule has 26 heavy (non-hydrogen) atoms. The first-order valence-corrected chi connectivity index (χ1v) is 8.23. The lowest BCUT2D eigenvalue weighted by Crippen LogP contribution is -2.38. The van der Waals surface area contributed by atoms with E-state index in [-0.39, 0.29) is 12.5 Å². The van der Waals surface area contributed by atoms with E-state index in [1.54, 1.807) is 18.9 Å². The minimum Gasteiger partial charge on any atom is -0.383 e. The Hall–Kier alpha value is -2.73. The molecular formula is C18H23N5O3. The topological polar surface area (TPSA) is 92.4 Å². The van der Waals surface area contributed by atoms with Gasteiger partial charge in [0.25, 0.3) is 0 Å². The third-order valence-corrected chi connectivity index (χ3v) is 3.74. The van der Waals surface area contributed by atoms with E-state index in [0.29, 0.717) is 37.7 Å². The zero-order valence-corrected chi connectivity index (χ0v) is 15.0. The molecule has 1 aromatic carbocycles. The Bertz CT molecular complexity index is 731. The van der Waals surface area contributed by atoms with Crippen molar-refractivity contribution in [3.8, 4) is 11.8 Å². The number of para-hydroxylation sites is 1. The van der Waals surface area contributed by atoms with Gasteiger partial charge in [-0.05, 0) is 12.1 Å². The van der Waals surface area contributed by atoms with Gasteiger partial charge in [0.05, 0.1) is 31.6 Å². The molecular weight excluding hydrogens is 334 g/mol. The number of nitrogens with zero attached hydrogens (tertiary/aromatic N) is 4. The highest BCUT2D eigenvalue weighted by Crippen LogP contribution is 2.19. The van der Waals surface area contributed by atoms with Crippen LogP contribution in [0.4, 0.5) is 5.82 Å². The van der Waals surface area contributed by atoms with E-state index >= 15 is 0 Å². The first-order chi connectivity index (χ1) is 12.7. The summed E-state index contributed by atoms with van der Waals surface area (Å²) in [6, 6.07) is 11.4. The summed E-state index contributed by atoms with van der Waals surface area (Å²) >= 11 is 0. The van der Waals surface area contributed by atoms with Crippen molar-refractivity contribution in [1.29, 1.82) is 5.26 Å². The van der Waals surface area contributed by atoms with Crippen LogP contribution in [-0.2, 0) is 14.3 Å². The van der Waals surface area contributed by atoms with Crippen LogP contribution >= 0.6 is 0 Å². The summed E-state index contributed by atoms with van der Waals surface area (Å²) in [7, 11) is 3.23. The van der Waals surface area contributed by atoms with E-state index in [2.05, 4.69) is 16.5 Å². The summed E-state index contributed by atoms with van der Waals surface area (Å²) in [5.41, 5.74) is 1.07. The van der Waals surface area contributed by atoms with Crippen LogP contribution in [0.2, 0.25) is 0 Å². The van der Waals surface area contributed by atoms with Crippen LogP contribution in [0.5, 0.6) is 0 Å². The van der Waals surface area contributed by atoms with Crippen LogP contribution in [0.15, 0.2) is 36.5 Å². The molecule has 138 valence electrons. The first-order valence-electron chi connectivity index (χ1n) is 8.23. The number of ether oxygens (including phenoxy) is 2. The molecule has 0 spiro atoms. The maximum absolute atomic E-state index is 12.5. The average molecular weight is 357 g/mol. The zero-order valence-electron chi connectivity index (χ0n) is 15.0. The Morgan fingerprint density at radius 2 is 1.88 bits per heavy atom. The molecule has 8 heteroatoms. The highest BCUT2D eigenvalue weighted by Gasteiger charge is 2.17. The van der Waals surface area contributed by atoms with E-state index in [1.807, 2.05) is 35.2 Å². The fraction of sp³-hybridized carbons (Fsp3) is 0.389. The monoisotopic (exact) mass is 357 g/mol. The third kappa shape index (κ3) is 5.39. The Kier molecular flexibility index (Phi) is 7.76. The summed E-state index contributed by atoms with van der Waals surface area (Å²) in [6.45, 7) is 2.41. The summed E-state index contributed by atoms with van der Waals surface area (Å²) in [4.78, 5) is 14.4. The Balaban J connectivity index is 2.12. The van der Waals surface area contributed by atoms with Gasteiger partial charge >= 0.3 is 0 Å². The minimum atomic E-state index is -0.230. The molecule has 0 atom stereocenters. The van der Waals surface area contributed by atoms with Crippen molar-refractivity contribution in [3.63, 3.8) is 0 Å². The lowest BCUT2D eigenvalue weighted by Gasteiger charge is -2.21. The van der Waals surface area contributed by atoms with Gasteiger partial charge in [-0.2, -0.15) is 10.4 Å². The second-order valence-electron chi connectivity index (χ2n) is 5.58. The SMILES string of the molecule is COCCN(CCOC)CC(=O)Nc1c(C#N)cnn1-c1ccccc1. The molecule has 2 aromatic rings. The van der Waals surface area contributed by atoms with Crippen molar-refractivity contribution in [2.24, 2.45) is 0 Å². The van der Waals surface area contributed by atoms with Gasteiger partial charge in [-0.25, -0.2) is 4.68 Å². The number of hydrogen-bond acceptors (Lipinski definition) is 6. The van der Waals surface area contributed by atoms with Crippen molar-refractivity contribution >= 4 is 11.7 Å². The maximum Gasteiger partial charge on any atom is 0.239 e. The maximum atomic E-state index is 12.5. The van der Waals surface area contributed by atoms with Crippen LogP contribution in [0.3, 0.4) is 0 Å². The van der Waals surface area contributed by atoms with Gasteiger partial charge in [0.2, 0.25) is 5.91 Å². The van der Waals surface area contributed by atoms with Crippen LogP contribution in [0.1, 0.15) is 5.56 Å². The van der Waals surface area contributed by atoms with Crippen molar-refractivity contribution in [3.05, 3.63) is 42.1 Å². The van der Waals surface area contributed by atoms with Gasteiger partial charge < -0.3 is 14.8 Å². The van der Waals surface area contributed by atoms with Gasteiger partial charge in [-0.3, -0.25) is 9.69 Å². The Morgan fingerprint density at radius 1 is 1.23 bits per heavy atom. The molecule has 8 nitrogen and oxygen atoms in total.